The SMILES string of the molecule is Nc1nc(CSc2ccc(S(=O)(=O)N3CCCCCC3)cn2)nc(Nc2ccccc2)n1. The molecule has 0 spiro atoms. The van der Waals surface area contributed by atoms with E-state index in [2.05, 4.69) is 25.3 Å². The molecule has 1 aromatic carbocycles. The van der Waals surface area contributed by atoms with E-state index in [1.807, 2.05) is 30.3 Å². The number of pyridine rings is 1. The standard InChI is InChI=1S/C21H25N7O2S2/c22-20-25-18(26-21(27-20)24-16-8-4-3-5-9-16)15-31-19-11-10-17(14-23-19)32(29,30)28-12-6-1-2-7-13-28/h3-5,8-11,14H,1-2,6-7,12-13,15H2,(H3,22,24,25,26,27). The number of sulfonamides is 1. The van der Waals surface area contributed by atoms with Crippen LogP contribution in [0.1, 0.15) is 31.5 Å². The van der Waals surface area contributed by atoms with Gasteiger partial charge in [-0.15, -0.1) is 0 Å². The maximum Gasteiger partial charge on any atom is 0.244 e. The molecule has 11 heteroatoms. The lowest BCUT2D eigenvalue weighted by atomic mass is 10.2. The lowest BCUT2D eigenvalue weighted by Crippen LogP contribution is -2.32. The van der Waals surface area contributed by atoms with E-state index in [-0.39, 0.29) is 10.8 Å². The molecule has 3 heterocycles. The van der Waals surface area contributed by atoms with Gasteiger partial charge in [0, 0.05) is 25.0 Å². The number of benzene rings is 1. The largest absolute Gasteiger partial charge is 0.368 e. The Bertz CT molecular complexity index is 1130. The van der Waals surface area contributed by atoms with Gasteiger partial charge in [-0.3, -0.25) is 0 Å². The van der Waals surface area contributed by atoms with Crippen molar-refractivity contribution in [3.63, 3.8) is 0 Å². The smallest absolute Gasteiger partial charge is 0.244 e. The van der Waals surface area contributed by atoms with Crippen molar-refractivity contribution in [3.8, 4) is 0 Å². The van der Waals surface area contributed by atoms with Crippen LogP contribution in [0.3, 0.4) is 0 Å². The Morgan fingerprint density at radius 2 is 1.72 bits per heavy atom. The van der Waals surface area contributed by atoms with Crippen molar-refractivity contribution in [1.82, 2.24) is 24.2 Å². The molecule has 0 amide bonds. The van der Waals surface area contributed by atoms with Crippen molar-refractivity contribution in [2.75, 3.05) is 24.1 Å². The van der Waals surface area contributed by atoms with Gasteiger partial charge in [0.2, 0.25) is 21.9 Å². The van der Waals surface area contributed by atoms with E-state index >= 15 is 0 Å². The second kappa shape index (κ2) is 10.2. The van der Waals surface area contributed by atoms with Gasteiger partial charge in [0.15, 0.2) is 0 Å². The fourth-order valence-electron chi connectivity index (χ4n) is 3.38. The van der Waals surface area contributed by atoms with Crippen molar-refractivity contribution in [2.45, 2.75) is 41.4 Å². The van der Waals surface area contributed by atoms with Crippen LogP contribution in [0.4, 0.5) is 17.6 Å². The third-order valence-corrected chi connectivity index (χ3v) is 7.81. The van der Waals surface area contributed by atoms with Gasteiger partial charge in [0.25, 0.3) is 0 Å². The average Bonchev–Trinajstić information content (AvgIpc) is 3.09. The molecular formula is C21H25N7O2S2. The molecule has 2 aromatic heterocycles. The Labute approximate surface area is 192 Å². The Hall–Kier alpha value is -2.76. The number of hydrogen-bond donors (Lipinski definition) is 2. The second-order valence-electron chi connectivity index (χ2n) is 7.36. The van der Waals surface area contributed by atoms with E-state index in [0.717, 1.165) is 31.4 Å². The van der Waals surface area contributed by atoms with E-state index in [1.54, 1.807) is 16.4 Å². The predicted octanol–water partition coefficient (Wildman–Crippen LogP) is 3.45. The van der Waals surface area contributed by atoms with Gasteiger partial charge in [-0.05, 0) is 37.1 Å². The zero-order valence-electron chi connectivity index (χ0n) is 17.5. The first-order valence-electron chi connectivity index (χ1n) is 10.4. The number of nitrogen functional groups attached to an aromatic ring is 1. The van der Waals surface area contributed by atoms with Crippen LogP contribution in [-0.4, -0.2) is 45.7 Å². The maximum absolute atomic E-state index is 12.9. The number of thioether (sulfide) groups is 1. The zero-order valence-corrected chi connectivity index (χ0v) is 19.1. The summed E-state index contributed by atoms with van der Waals surface area (Å²) in [5, 5.41) is 3.78. The van der Waals surface area contributed by atoms with Crippen LogP contribution >= 0.6 is 11.8 Å². The summed E-state index contributed by atoms with van der Waals surface area (Å²) in [6.07, 6.45) is 5.37. The summed E-state index contributed by atoms with van der Waals surface area (Å²) >= 11 is 1.40. The summed E-state index contributed by atoms with van der Waals surface area (Å²) in [5.74, 6) is 1.41. The molecule has 3 N–H and O–H groups in total. The number of rotatable bonds is 7. The van der Waals surface area contributed by atoms with Gasteiger partial charge in [-0.1, -0.05) is 42.8 Å². The minimum Gasteiger partial charge on any atom is -0.368 e. The van der Waals surface area contributed by atoms with Crippen LogP contribution in [0.5, 0.6) is 0 Å². The molecule has 1 saturated heterocycles. The number of nitrogens with zero attached hydrogens (tertiary/aromatic N) is 5. The third-order valence-electron chi connectivity index (χ3n) is 4.99. The molecule has 0 atom stereocenters. The molecule has 0 radical (unpaired) electrons. The number of nitrogens with two attached hydrogens (primary N) is 1. The topological polar surface area (TPSA) is 127 Å². The highest BCUT2D eigenvalue weighted by Crippen LogP contribution is 2.24. The number of para-hydroxylation sites is 1. The molecule has 32 heavy (non-hydrogen) atoms. The van der Waals surface area contributed by atoms with Gasteiger partial charge in [-0.25, -0.2) is 13.4 Å². The number of anilines is 3. The summed E-state index contributed by atoms with van der Waals surface area (Å²) in [7, 11) is -3.51. The first kappa shape index (κ1) is 22.4. The lowest BCUT2D eigenvalue weighted by Gasteiger charge is -2.19. The molecule has 9 nitrogen and oxygen atoms in total. The van der Waals surface area contributed by atoms with Crippen LogP contribution < -0.4 is 11.1 Å². The average molecular weight is 472 g/mol. The van der Waals surface area contributed by atoms with Crippen molar-refractivity contribution in [1.29, 1.82) is 0 Å². The molecule has 0 bridgehead atoms. The van der Waals surface area contributed by atoms with E-state index in [9.17, 15) is 8.42 Å². The van der Waals surface area contributed by atoms with Crippen LogP contribution in [0.2, 0.25) is 0 Å². The highest BCUT2D eigenvalue weighted by Gasteiger charge is 2.25. The monoisotopic (exact) mass is 471 g/mol. The van der Waals surface area contributed by atoms with Crippen molar-refractivity contribution < 1.29 is 8.42 Å². The van der Waals surface area contributed by atoms with E-state index in [0.29, 0.717) is 35.6 Å². The third kappa shape index (κ3) is 5.72. The van der Waals surface area contributed by atoms with Crippen molar-refractivity contribution in [3.05, 3.63) is 54.5 Å². The van der Waals surface area contributed by atoms with Gasteiger partial charge < -0.3 is 11.1 Å². The lowest BCUT2D eigenvalue weighted by molar-refractivity contribution is 0.423. The Kier molecular flexibility index (Phi) is 7.18. The van der Waals surface area contributed by atoms with E-state index < -0.39 is 10.0 Å². The van der Waals surface area contributed by atoms with E-state index in [4.69, 9.17) is 5.73 Å². The highest BCUT2D eigenvalue weighted by atomic mass is 32.2. The quantitative estimate of drug-likeness (QED) is 0.498. The minimum atomic E-state index is -3.51. The zero-order chi connectivity index (χ0) is 22.4. The van der Waals surface area contributed by atoms with Gasteiger partial charge >= 0.3 is 0 Å². The summed E-state index contributed by atoms with van der Waals surface area (Å²) in [6.45, 7) is 1.14. The van der Waals surface area contributed by atoms with Crippen LogP contribution in [-0.2, 0) is 15.8 Å². The normalized spacial score (nSPS) is 15.2. The van der Waals surface area contributed by atoms with Crippen molar-refractivity contribution in [2.24, 2.45) is 0 Å². The van der Waals surface area contributed by atoms with Gasteiger partial charge in [0.05, 0.1) is 10.8 Å². The maximum atomic E-state index is 12.9. The minimum absolute atomic E-state index is 0.126. The summed E-state index contributed by atoms with van der Waals surface area (Å²) in [5.41, 5.74) is 6.68. The summed E-state index contributed by atoms with van der Waals surface area (Å²) in [6, 6.07) is 12.9. The molecule has 4 rings (SSSR count). The molecule has 0 unspecified atom stereocenters. The first-order chi connectivity index (χ1) is 15.5. The first-order valence-corrected chi connectivity index (χ1v) is 12.8. The Morgan fingerprint density at radius 1 is 0.969 bits per heavy atom. The number of aromatic nitrogens is 4. The molecule has 1 aliphatic rings. The molecule has 0 saturated carbocycles. The highest BCUT2D eigenvalue weighted by molar-refractivity contribution is 7.98. The van der Waals surface area contributed by atoms with Crippen molar-refractivity contribution >= 4 is 39.4 Å². The molecular weight excluding hydrogens is 446 g/mol. The van der Waals surface area contributed by atoms with Gasteiger partial charge in [-0.2, -0.15) is 19.3 Å². The van der Waals surface area contributed by atoms with Crippen LogP contribution in [0.25, 0.3) is 0 Å². The number of hydrogen-bond acceptors (Lipinski definition) is 9. The fourth-order valence-corrected chi connectivity index (χ4v) is 5.54. The molecule has 3 aromatic rings. The Balaban J connectivity index is 1.41. The predicted molar refractivity (Wildman–Crippen MR) is 125 cm³/mol. The fraction of sp³-hybridized carbons (Fsp3) is 0.333. The Morgan fingerprint density at radius 3 is 2.41 bits per heavy atom. The molecule has 1 fully saturated rings. The molecule has 168 valence electrons. The number of nitrogens with one attached hydrogen (secondary N) is 1. The summed E-state index contributed by atoms with van der Waals surface area (Å²) in [4.78, 5) is 17.3. The molecule has 0 aliphatic carbocycles. The second-order valence-corrected chi connectivity index (χ2v) is 10.3. The summed E-state index contributed by atoms with van der Waals surface area (Å²) < 4.78 is 27.3. The van der Waals surface area contributed by atoms with Crippen LogP contribution in [0, 0.1) is 0 Å². The molecule has 1 aliphatic heterocycles. The van der Waals surface area contributed by atoms with Gasteiger partial charge in [0.1, 0.15) is 10.7 Å². The van der Waals surface area contributed by atoms with Crippen LogP contribution in [0.15, 0.2) is 58.6 Å². The van der Waals surface area contributed by atoms with E-state index in [1.165, 1.54) is 18.0 Å².